The van der Waals surface area contributed by atoms with Crippen LogP contribution in [0.5, 0.6) is 0 Å². The largest absolute Gasteiger partial charge is 0.310 e. The zero-order valence-electron chi connectivity index (χ0n) is 11.9. The lowest BCUT2D eigenvalue weighted by Gasteiger charge is -2.33. The van der Waals surface area contributed by atoms with Gasteiger partial charge in [0.05, 0.1) is 0 Å². The molecule has 0 aromatic rings. The molecule has 9 unspecified atom stereocenters. The molecule has 0 radical (unpaired) electrons. The van der Waals surface area contributed by atoms with Crippen LogP contribution in [0.2, 0.25) is 0 Å². The molecule has 19 heavy (non-hydrogen) atoms. The Morgan fingerprint density at radius 1 is 0.632 bits per heavy atom. The molecule has 1 nitrogen and oxygen atoms in total. The Hall–Kier alpha value is -0.0400. The van der Waals surface area contributed by atoms with E-state index in [2.05, 4.69) is 5.32 Å². The monoisotopic (exact) mass is 257 g/mol. The summed E-state index contributed by atoms with van der Waals surface area (Å²) in [7, 11) is 0. The van der Waals surface area contributed by atoms with E-state index in [1.807, 2.05) is 0 Å². The molecule has 1 N–H and O–H groups in total. The third-order valence-electron chi connectivity index (χ3n) is 8.57. The van der Waals surface area contributed by atoms with Gasteiger partial charge in [-0.3, -0.25) is 0 Å². The van der Waals surface area contributed by atoms with Crippen molar-refractivity contribution >= 4 is 0 Å². The molecule has 9 atom stereocenters. The van der Waals surface area contributed by atoms with Crippen LogP contribution in [0.1, 0.15) is 51.4 Å². The average Bonchev–Trinajstić information content (AvgIpc) is 3.00. The number of fused-ring (bicyclic) bond motifs is 10. The van der Waals surface area contributed by atoms with E-state index < -0.39 is 0 Å². The number of nitrogens with one attached hydrogen (secondary N) is 1. The van der Waals surface area contributed by atoms with Crippen molar-refractivity contribution in [3.63, 3.8) is 0 Å². The zero-order chi connectivity index (χ0) is 12.1. The van der Waals surface area contributed by atoms with Crippen LogP contribution in [0, 0.1) is 47.3 Å². The van der Waals surface area contributed by atoms with Gasteiger partial charge >= 0.3 is 0 Å². The van der Waals surface area contributed by atoms with Crippen molar-refractivity contribution in [1.82, 2.24) is 5.32 Å². The highest BCUT2D eigenvalue weighted by atomic mass is 15.1. The molecule has 104 valence electrons. The number of hydrogen-bond acceptors (Lipinski definition) is 1. The van der Waals surface area contributed by atoms with Crippen LogP contribution in [-0.2, 0) is 0 Å². The van der Waals surface area contributed by atoms with Crippen molar-refractivity contribution in [3.05, 3.63) is 0 Å². The van der Waals surface area contributed by atoms with Gasteiger partial charge in [-0.25, -0.2) is 0 Å². The second-order valence-corrected chi connectivity index (χ2v) is 8.94. The molecule has 4 bridgehead atoms. The highest BCUT2D eigenvalue weighted by molar-refractivity contribution is 5.18. The van der Waals surface area contributed by atoms with Gasteiger partial charge in [-0.2, -0.15) is 0 Å². The summed E-state index contributed by atoms with van der Waals surface area (Å²) in [5, 5.41) is 4.20. The predicted molar refractivity (Wildman–Crippen MR) is 75.6 cm³/mol. The smallest absolute Gasteiger partial charge is 0.0138 e. The van der Waals surface area contributed by atoms with Crippen molar-refractivity contribution in [3.8, 4) is 0 Å². The molecular formula is C18H27N. The SMILES string of the molecule is C1CC2C3CC(NC4C5C6CCC(C6)C45)C(C3)C2C1. The first-order valence-electron chi connectivity index (χ1n) is 9.16. The fourth-order valence-corrected chi connectivity index (χ4v) is 8.06. The summed E-state index contributed by atoms with van der Waals surface area (Å²) >= 11 is 0. The third-order valence-corrected chi connectivity index (χ3v) is 8.57. The molecule has 0 amide bonds. The first-order chi connectivity index (χ1) is 9.40. The van der Waals surface area contributed by atoms with Crippen molar-refractivity contribution in [2.45, 2.75) is 63.5 Å². The lowest BCUT2D eigenvalue weighted by Crippen LogP contribution is -2.42. The molecule has 6 rings (SSSR count). The van der Waals surface area contributed by atoms with Crippen molar-refractivity contribution in [1.29, 1.82) is 0 Å². The van der Waals surface area contributed by atoms with Gasteiger partial charge in [-0.1, -0.05) is 6.42 Å². The summed E-state index contributed by atoms with van der Waals surface area (Å²) in [5.41, 5.74) is 0. The Balaban J connectivity index is 1.18. The molecule has 0 saturated heterocycles. The number of hydrogen-bond donors (Lipinski definition) is 1. The van der Waals surface area contributed by atoms with E-state index in [1.54, 1.807) is 51.4 Å². The van der Waals surface area contributed by atoms with E-state index in [4.69, 9.17) is 0 Å². The molecule has 6 saturated carbocycles. The summed E-state index contributed by atoms with van der Waals surface area (Å²) in [6.07, 6.45) is 12.6. The summed E-state index contributed by atoms with van der Waals surface area (Å²) in [5.74, 6) is 9.09. The van der Waals surface area contributed by atoms with E-state index in [9.17, 15) is 0 Å². The van der Waals surface area contributed by atoms with Crippen LogP contribution in [0.15, 0.2) is 0 Å². The standard InChI is InChI=1S/C18H27N/c1-2-12-11-7-14(13(12)3-1)15(8-11)19-18-16-9-4-5-10(6-9)17(16)18/h9-19H,1-8H2. The van der Waals surface area contributed by atoms with Gasteiger partial charge in [0, 0.05) is 12.1 Å². The second-order valence-electron chi connectivity index (χ2n) is 8.94. The minimum absolute atomic E-state index is 0.944. The minimum Gasteiger partial charge on any atom is -0.310 e. The second kappa shape index (κ2) is 3.40. The summed E-state index contributed by atoms with van der Waals surface area (Å²) < 4.78 is 0. The van der Waals surface area contributed by atoms with Gasteiger partial charge in [0.1, 0.15) is 0 Å². The highest BCUT2D eigenvalue weighted by Gasteiger charge is 2.66. The van der Waals surface area contributed by atoms with E-state index in [-0.39, 0.29) is 0 Å². The fourth-order valence-electron chi connectivity index (χ4n) is 8.06. The van der Waals surface area contributed by atoms with Gasteiger partial charge in [0.15, 0.2) is 0 Å². The molecule has 0 aromatic carbocycles. The van der Waals surface area contributed by atoms with Crippen molar-refractivity contribution in [2.24, 2.45) is 47.3 Å². The maximum Gasteiger partial charge on any atom is 0.0138 e. The van der Waals surface area contributed by atoms with Crippen LogP contribution in [0.4, 0.5) is 0 Å². The molecule has 0 heterocycles. The predicted octanol–water partition coefficient (Wildman–Crippen LogP) is 3.45. The van der Waals surface area contributed by atoms with E-state index in [0.29, 0.717) is 0 Å². The lowest BCUT2D eigenvalue weighted by molar-refractivity contribution is 0.202. The van der Waals surface area contributed by atoms with E-state index in [0.717, 1.165) is 59.4 Å². The summed E-state index contributed by atoms with van der Waals surface area (Å²) in [6.45, 7) is 0. The fraction of sp³-hybridized carbons (Fsp3) is 1.00. The molecule has 6 aliphatic rings. The Morgan fingerprint density at radius 3 is 2.26 bits per heavy atom. The quantitative estimate of drug-likeness (QED) is 0.799. The van der Waals surface area contributed by atoms with Crippen LogP contribution in [0.25, 0.3) is 0 Å². The Labute approximate surface area is 116 Å². The van der Waals surface area contributed by atoms with Crippen molar-refractivity contribution < 1.29 is 0 Å². The van der Waals surface area contributed by atoms with Crippen LogP contribution >= 0.6 is 0 Å². The van der Waals surface area contributed by atoms with Crippen LogP contribution in [-0.4, -0.2) is 12.1 Å². The van der Waals surface area contributed by atoms with Gasteiger partial charge in [0.2, 0.25) is 0 Å². The average molecular weight is 257 g/mol. The van der Waals surface area contributed by atoms with Gasteiger partial charge in [-0.15, -0.1) is 0 Å². The molecule has 0 spiro atoms. The Morgan fingerprint density at radius 2 is 1.42 bits per heavy atom. The molecule has 1 heteroatoms. The van der Waals surface area contributed by atoms with Gasteiger partial charge in [-0.05, 0) is 92.3 Å². The molecule has 6 aliphatic carbocycles. The third kappa shape index (κ3) is 1.23. The molecule has 6 fully saturated rings. The normalized spacial score (nSPS) is 67.6. The molecule has 0 aromatic heterocycles. The first kappa shape index (κ1) is 10.7. The summed E-state index contributed by atoms with van der Waals surface area (Å²) in [6, 6.07) is 1.93. The van der Waals surface area contributed by atoms with E-state index >= 15 is 0 Å². The molecule has 0 aliphatic heterocycles. The lowest BCUT2D eigenvalue weighted by atomic mass is 9.79. The maximum absolute atomic E-state index is 4.20. The Bertz CT molecular complexity index is 402. The topological polar surface area (TPSA) is 12.0 Å². The Kier molecular flexibility index (Phi) is 1.91. The zero-order valence-corrected chi connectivity index (χ0v) is 11.9. The first-order valence-corrected chi connectivity index (χ1v) is 9.16. The number of rotatable bonds is 2. The van der Waals surface area contributed by atoms with Crippen LogP contribution < -0.4 is 5.32 Å². The highest BCUT2D eigenvalue weighted by Crippen LogP contribution is 2.66. The van der Waals surface area contributed by atoms with Gasteiger partial charge in [0.25, 0.3) is 0 Å². The summed E-state index contributed by atoms with van der Waals surface area (Å²) in [4.78, 5) is 0. The van der Waals surface area contributed by atoms with E-state index in [1.165, 1.54) is 0 Å². The minimum atomic E-state index is 0.944. The van der Waals surface area contributed by atoms with Gasteiger partial charge < -0.3 is 5.32 Å². The van der Waals surface area contributed by atoms with Crippen LogP contribution in [0.3, 0.4) is 0 Å². The molecular weight excluding hydrogens is 230 g/mol. The maximum atomic E-state index is 4.20. The van der Waals surface area contributed by atoms with Crippen molar-refractivity contribution in [2.75, 3.05) is 0 Å².